The van der Waals surface area contributed by atoms with Crippen LogP contribution in [0.1, 0.15) is 6.92 Å². The molecule has 0 spiro atoms. The highest BCUT2D eigenvalue weighted by Crippen LogP contribution is 2.36. The number of hydrogen-bond donors (Lipinski definition) is 2. The zero-order valence-corrected chi connectivity index (χ0v) is 14.3. The standard InChI is InChI=1S/C15H14ClN5O2S/c1-8(22)23-7-6-18-15-20-12(16)11(13(17)21-15)14-19-9-4-2-3-5-10(9)24-14/h2-5H,6-7H2,1H3,(H3,17,18,20,21). The molecule has 3 aromatic rings. The molecule has 0 radical (unpaired) electrons. The molecule has 0 fully saturated rings. The van der Waals surface area contributed by atoms with Crippen LogP contribution in [0.2, 0.25) is 5.15 Å². The number of hydrogen-bond acceptors (Lipinski definition) is 8. The van der Waals surface area contributed by atoms with Gasteiger partial charge in [-0.05, 0) is 12.1 Å². The zero-order valence-electron chi connectivity index (χ0n) is 12.7. The van der Waals surface area contributed by atoms with Gasteiger partial charge in [0.1, 0.15) is 22.6 Å². The molecule has 0 saturated heterocycles. The van der Waals surface area contributed by atoms with Gasteiger partial charge in [-0.15, -0.1) is 11.3 Å². The van der Waals surface area contributed by atoms with Gasteiger partial charge in [0.15, 0.2) is 0 Å². The van der Waals surface area contributed by atoms with E-state index in [2.05, 4.69) is 20.3 Å². The molecule has 0 aliphatic rings. The Bertz CT molecular complexity index is 842. The summed E-state index contributed by atoms with van der Waals surface area (Å²) in [5.41, 5.74) is 7.42. The number of carbonyl (C=O) groups excluding carboxylic acids is 1. The lowest BCUT2D eigenvalue weighted by molar-refractivity contribution is -0.140. The molecule has 0 bridgehead atoms. The lowest BCUT2D eigenvalue weighted by Crippen LogP contribution is -2.14. The number of ether oxygens (including phenoxy) is 1. The summed E-state index contributed by atoms with van der Waals surface area (Å²) in [6.07, 6.45) is 0. The van der Waals surface area contributed by atoms with Crippen molar-refractivity contribution in [2.24, 2.45) is 0 Å². The predicted octanol–water partition coefficient (Wildman–Crippen LogP) is 2.96. The summed E-state index contributed by atoms with van der Waals surface area (Å²) >= 11 is 7.75. The van der Waals surface area contributed by atoms with Crippen molar-refractivity contribution < 1.29 is 9.53 Å². The number of nitrogens with one attached hydrogen (secondary N) is 1. The molecule has 0 unspecified atom stereocenters. The normalized spacial score (nSPS) is 10.8. The van der Waals surface area contributed by atoms with Crippen molar-refractivity contribution in [1.29, 1.82) is 0 Å². The smallest absolute Gasteiger partial charge is 0.302 e. The first kappa shape index (κ1) is 16.4. The van der Waals surface area contributed by atoms with Gasteiger partial charge >= 0.3 is 5.97 Å². The van der Waals surface area contributed by atoms with E-state index < -0.39 is 0 Å². The molecule has 2 heterocycles. The number of anilines is 2. The topological polar surface area (TPSA) is 103 Å². The second-order valence-corrected chi connectivity index (χ2v) is 6.24. The number of benzene rings is 1. The first-order valence-corrected chi connectivity index (χ1v) is 8.30. The van der Waals surface area contributed by atoms with Gasteiger partial charge in [0, 0.05) is 6.92 Å². The van der Waals surface area contributed by atoms with E-state index >= 15 is 0 Å². The third-order valence-corrected chi connectivity index (χ3v) is 4.42. The highest BCUT2D eigenvalue weighted by molar-refractivity contribution is 7.21. The Hall–Kier alpha value is -2.45. The van der Waals surface area contributed by atoms with Gasteiger partial charge in [0.2, 0.25) is 5.95 Å². The average molecular weight is 364 g/mol. The molecule has 0 saturated carbocycles. The largest absolute Gasteiger partial charge is 0.464 e. The molecule has 7 nitrogen and oxygen atoms in total. The first-order valence-electron chi connectivity index (χ1n) is 7.11. The van der Waals surface area contributed by atoms with Crippen LogP contribution >= 0.6 is 22.9 Å². The molecular formula is C15H14ClN5O2S. The van der Waals surface area contributed by atoms with Crippen LogP contribution < -0.4 is 11.1 Å². The molecule has 0 atom stereocenters. The van der Waals surface area contributed by atoms with E-state index in [0.29, 0.717) is 17.1 Å². The fourth-order valence-electron chi connectivity index (χ4n) is 2.06. The number of halogens is 1. The number of nitrogen functional groups attached to an aromatic ring is 1. The minimum absolute atomic E-state index is 0.204. The molecule has 0 amide bonds. The Morgan fingerprint density at radius 2 is 2.12 bits per heavy atom. The Kier molecular flexibility index (Phi) is 4.77. The van der Waals surface area contributed by atoms with Gasteiger partial charge in [-0.3, -0.25) is 4.79 Å². The van der Waals surface area contributed by atoms with Crippen molar-refractivity contribution in [3.05, 3.63) is 29.4 Å². The van der Waals surface area contributed by atoms with Gasteiger partial charge in [0.05, 0.1) is 22.3 Å². The third kappa shape index (κ3) is 3.55. The lowest BCUT2D eigenvalue weighted by atomic mass is 10.3. The van der Waals surface area contributed by atoms with E-state index in [1.165, 1.54) is 18.3 Å². The van der Waals surface area contributed by atoms with Gasteiger partial charge in [-0.2, -0.15) is 4.98 Å². The molecule has 124 valence electrons. The zero-order chi connectivity index (χ0) is 17.1. The van der Waals surface area contributed by atoms with E-state index in [4.69, 9.17) is 22.1 Å². The second kappa shape index (κ2) is 6.98. The van der Waals surface area contributed by atoms with Crippen molar-refractivity contribution >= 4 is 50.9 Å². The summed E-state index contributed by atoms with van der Waals surface area (Å²) in [6.45, 7) is 1.91. The Morgan fingerprint density at radius 1 is 1.33 bits per heavy atom. The highest BCUT2D eigenvalue weighted by atomic mass is 35.5. The van der Waals surface area contributed by atoms with Crippen molar-refractivity contribution in [1.82, 2.24) is 15.0 Å². The number of rotatable bonds is 5. The van der Waals surface area contributed by atoms with Crippen molar-refractivity contribution in [2.75, 3.05) is 24.2 Å². The van der Waals surface area contributed by atoms with Crippen molar-refractivity contribution in [3.8, 4) is 10.6 Å². The summed E-state index contributed by atoms with van der Waals surface area (Å²) < 4.78 is 5.86. The molecular weight excluding hydrogens is 350 g/mol. The maximum absolute atomic E-state index is 10.7. The Labute approximate surface area is 146 Å². The number of para-hydroxylation sites is 1. The molecule has 0 aliphatic heterocycles. The second-order valence-electron chi connectivity index (χ2n) is 4.85. The number of aromatic nitrogens is 3. The van der Waals surface area contributed by atoms with Crippen LogP contribution in [-0.2, 0) is 9.53 Å². The fraction of sp³-hybridized carbons (Fsp3) is 0.200. The summed E-state index contributed by atoms with van der Waals surface area (Å²) in [6, 6.07) is 7.77. The van der Waals surface area contributed by atoms with Crippen LogP contribution in [0.25, 0.3) is 20.8 Å². The molecule has 3 rings (SSSR count). The molecule has 0 aliphatic carbocycles. The van der Waals surface area contributed by atoms with Crippen LogP contribution in [0.3, 0.4) is 0 Å². The summed E-state index contributed by atoms with van der Waals surface area (Å²) in [7, 11) is 0. The lowest BCUT2D eigenvalue weighted by Gasteiger charge is -2.09. The average Bonchev–Trinajstić information content (AvgIpc) is 2.94. The minimum atomic E-state index is -0.346. The van der Waals surface area contributed by atoms with Crippen molar-refractivity contribution in [3.63, 3.8) is 0 Å². The van der Waals surface area contributed by atoms with E-state index in [1.807, 2.05) is 24.3 Å². The van der Waals surface area contributed by atoms with Crippen LogP contribution in [0.15, 0.2) is 24.3 Å². The minimum Gasteiger partial charge on any atom is -0.464 e. The van der Waals surface area contributed by atoms with Gasteiger partial charge < -0.3 is 15.8 Å². The third-order valence-electron chi connectivity index (χ3n) is 3.09. The maximum atomic E-state index is 10.7. The molecule has 9 heteroatoms. The van der Waals surface area contributed by atoms with Gasteiger partial charge in [0.25, 0.3) is 0 Å². The Balaban J connectivity index is 1.83. The first-order chi connectivity index (χ1) is 11.5. The van der Waals surface area contributed by atoms with Crippen molar-refractivity contribution in [2.45, 2.75) is 6.92 Å². The summed E-state index contributed by atoms with van der Waals surface area (Å²) in [5.74, 6) is 0.167. The Morgan fingerprint density at radius 3 is 2.83 bits per heavy atom. The van der Waals surface area contributed by atoms with Gasteiger partial charge in [-0.1, -0.05) is 23.7 Å². The van der Waals surface area contributed by atoms with Crippen LogP contribution in [-0.4, -0.2) is 34.1 Å². The molecule has 3 N–H and O–H groups in total. The number of thiazole rings is 1. The fourth-order valence-corrected chi connectivity index (χ4v) is 3.41. The van der Waals surface area contributed by atoms with E-state index in [-0.39, 0.29) is 29.5 Å². The van der Waals surface area contributed by atoms with E-state index in [1.54, 1.807) is 0 Å². The van der Waals surface area contributed by atoms with Gasteiger partial charge in [-0.25, -0.2) is 9.97 Å². The molecule has 2 aromatic heterocycles. The molecule has 1 aromatic carbocycles. The summed E-state index contributed by atoms with van der Waals surface area (Å²) in [4.78, 5) is 23.6. The number of carbonyl (C=O) groups is 1. The number of fused-ring (bicyclic) bond motifs is 1. The number of esters is 1. The monoisotopic (exact) mass is 363 g/mol. The quantitative estimate of drug-likeness (QED) is 0.408. The summed E-state index contributed by atoms with van der Waals surface area (Å²) in [5, 5.41) is 3.80. The molecule has 24 heavy (non-hydrogen) atoms. The predicted molar refractivity (Wildman–Crippen MR) is 95.2 cm³/mol. The number of nitrogens with two attached hydrogens (primary N) is 1. The highest BCUT2D eigenvalue weighted by Gasteiger charge is 2.17. The van der Waals surface area contributed by atoms with Crippen LogP contribution in [0.5, 0.6) is 0 Å². The number of nitrogens with zero attached hydrogens (tertiary/aromatic N) is 3. The van der Waals surface area contributed by atoms with E-state index in [9.17, 15) is 4.79 Å². The van der Waals surface area contributed by atoms with Crippen LogP contribution in [0.4, 0.5) is 11.8 Å². The maximum Gasteiger partial charge on any atom is 0.302 e. The SMILES string of the molecule is CC(=O)OCCNc1nc(N)c(-c2nc3ccccc3s2)c(Cl)n1. The van der Waals surface area contributed by atoms with E-state index in [0.717, 1.165) is 10.2 Å². The van der Waals surface area contributed by atoms with Crippen LogP contribution in [0, 0.1) is 0 Å².